The van der Waals surface area contributed by atoms with Crippen molar-refractivity contribution in [2.45, 2.75) is 63.6 Å². The number of hydrogen-bond donors (Lipinski definition) is 4. The minimum Gasteiger partial charge on any atom is -0.378 e. The normalized spacial score (nSPS) is 21.9. The molecule has 1 aliphatic carbocycles. The van der Waals surface area contributed by atoms with Gasteiger partial charge in [0.05, 0.1) is 24.0 Å². The van der Waals surface area contributed by atoms with E-state index < -0.39 is 10.8 Å². The third-order valence-corrected chi connectivity index (χ3v) is 11.3. The van der Waals surface area contributed by atoms with Crippen LogP contribution in [0.15, 0.2) is 60.8 Å². The number of amides is 4. The third-order valence-electron chi connectivity index (χ3n) is 11.3. The van der Waals surface area contributed by atoms with Gasteiger partial charge in [-0.2, -0.15) is 0 Å². The molecule has 4 aliphatic rings. The van der Waals surface area contributed by atoms with Crippen LogP contribution in [0.5, 0.6) is 0 Å². The zero-order valence-corrected chi connectivity index (χ0v) is 29.4. The van der Waals surface area contributed by atoms with Gasteiger partial charge < -0.3 is 35.8 Å². The Hall–Kier alpha value is -4.65. The number of nitrogens with one attached hydrogen (secondary N) is 4. The van der Waals surface area contributed by atoms with E-state index in [2.05, 4.69) is 26.3 Å². The molecule has 268 valence electrons. The van der Waals surface area contributed by atoms with Crippen LogP contribution in [0, 0.1) is 5.41 Å². The summed E-state index contributed by atoms with van der Waals surface area (Å²) in [5.41, 5.74) is 4.25. The van der Waals surface area contributed by atoms with E-state index in [1.807, 2.05) is 73.5 Å². The molecule has 1 aromatic heterocycles. The number of morpholine rings is 1. The SMILES string of the molecule is CCC1(C(=O)N(CC(=O)Nc2ccc3c(c2)C[C@@]2(C3)C(=O)Nc3ncccc32)Cc2ccccc2CNC)CCN(C(=O)[C@H]2COCCN2)CC1. The van der Waals surface area contributed by atoms with Gasteiger partial charge in [0.2, 0.25) is 23.6 Å². The Balaban J connectivity index is 1.08. The standard InChI is InChI=1S/C39H47N7O5/c1-3-38(12-16-45(17-13-38)35(48)32-25-51-18-15-41-32)37(50)46(23-28-8-5-4-7-27(28)22-40-2)24-33(47)43-30-11-10-26-20-39(21-29(26)19-30)31-9-6-14-42-34(31)44-36(39)49/h4-11,14,19,32,40-41H,3,12-13,15-18,20-25H2,1-2H3,(H,43,47)(H,42,44,49)/t32-,39-/m1/s1. The third kappa shape index (κ3) is 6.75. The van der Waals surface area contributed by atoms with Crippen molar-refractivity contribution in [1.82, 2.24) is 25.4 Å². The summed E-state index contributed by atoms with van der Waals surface area (Å²) in [6, 6.07) is 17.2. The lowest BCUT2D eigenvalue weighted by Gasteiger charge is -2.43. The van der Waals surface area contributed by atoms with Crippen molar-refractivity contribution < 1.29 is 23.9 Å². The Labute approximate surface area is 298 Å². The summed E-state index contributed by atoms with van der Waals surface area (Å²) in [4.78, 5) is 62.8. The van der Waals surface area contributed by atoms with Gasteiger partial charge in [-0.1, -0.05) is 43.3 Å². The molecule has 2 saturated heterocycles. The number of carbonyl (C=O) groups excluding carboxylic acids is 4. The molecule has 0 radical (unpaired) electrons. The Morgan fingerprint density at radius 3 is 2.57 bits per heavy atom. The molecule has 12 nitrogen and oxygen atoms in total. The summed E-state index contributed by atoms with van der Waals surface area (Å²) in [6.45, 7) is 5.36. The van der Waals surface area contributed by atoms with Gasteiger partial charge in [-0.05, 0) is 79.6 Å². The summed E-state index contributed by atoms with van der Waals surface area (Å²) in [6.07, 6.45) is 4.43. The van der Waals surface area contributed by atoms with Crippen LogP contribution in [0.3, 0.4) is 0 Å². The summed E-state index contributed by atoms with van der Waals surface area (Å²) in [5, 5.41) is 12.5. The van der Waals surface area contributed by atoms with Crippen LogP contribution in [-0.2, 0) is 55.3 Å². The first kappa shape index (κ1) is 34.8. The van der Waals surface area contributed by atoms with Gasteiger partial charge in [0.25, 0.3) is 0 Å². The molecule has 0 bridgehead atoms. The lowest BCUT2D eigenvalue weighted by molar-refractivity contribution is -0.151. The molecule has 4 heterocycles. The van der Waals surface area contributed by atoms with E-state index in [4.69, 9.17) is 4.74 Å². The summed E-state index contributed by atoms with van der Waals surface area (Å²) >= 11 is 0. The molecule has 0 unspecified atom stereocenters. The molecule has 4 amide bonds. The molecule has 12 heteroatoms. The number of carbonyl (C=O) groups is 4. The van der Waals surface area contributed by atoms with Gasteiger partial charge in [0.1, 0.15) is 18.4 Å². The van der Waals surface area contributed by atoms with Crippen LogP contribution in [-0.4, -0.2) is 90.9 Å². The Morgan fingerprint density at radius 1 is 1.04 bits per heavy atom. The van der Waals surface area contributed by atoms with Crippen molar-refractivity contribution in [3.05, 3.63) is 88.6 Å². The van der Waals surface area contributed by atoms with Crippen LogP contribution in [0.25, 0.3) is 0 Å². The van der Waals surface area contributed by atoms with Gasteiger partial charge in [0, 0.05) is 50.2 Å². The zero-order valence-electron chi connectivity index (χ0n) is 29.4. The maximum atomic E-state index is 14.7. The molecule has 2 atom stereocenters. The Morgan fingerprint density at radius 2 is 1.82 bits per heavy atom. The van der Waals surface area contributed by atoms with E-state index in [0.29, 0.717) is 83.0 Å². The van der Waals surface area contributed by atoms with Crippen molar-refractivity contribution in [3.8, 4) is 0 Å². The van der Waals surface area contributed by atoms with Gasteiger partial charge in [-0.15, -0.1) is 0 Å². The minimum absolute atomic E-state index is 0.0128. The number of nitrogens with zero attached hydrogens (tertiary/aromatic N) is 3. The van der Waals surface area contributed by atoms with Crippen LogP contribution in [0.4, 0.5) is 11.5 Å². The number of rotatable bonds is 10. The molecule has 51 heavy (non-hydrogen) atoms. The Kier molecular flexibility index (Phi) is 9.91. The number of hydrogen-bond acceptors (Lipinski definition) is 8. The smallest absolute Gasteiger partial charge is 0.244 e. The highest BCUT2D eigenvalue weighted by Crippen LogP contribution is 2.47. The monoisotopic (exact) mass is 693 g/mol. The molecule has 2 aromatic carbocycles. The highest BCUT2D eigenvalue weighted by molar-refractivity contribution is 6.06. The quantitative estimate of drug-likeness (QED) is 0.254. The fourth-order valence-electron chi connectivity index (χ4n) is 8.35. The van der Waals surface area contributed by atoms with E-state index in [0.717, 1.165) is 27.8 Å². The first-order chi connectivity index (χ1) is 24.7. The number of benzene rings is 2. The lowest BCUT2D eigenvalue weighted by Crippen LogP contribution is -2.57. The van der Waals surface area contributed by atoms with Crippen LogP contribution >= 0.6 is 0 Å². The predicted octanol–water partition coefficient (Wildman–Crippen LogP) is 2.76. The molecule has 3 aliphatic heterocycles. The maximum Gasteiger partial charge on any atom is 0.244 e. The van der Waals surface area contributed by atoms with Crippen molar-refractivity contribution in [2.24, 2.45) is 5.41 Å². The highest BCUT2D eigenvalue weighted by atomic mass is 16.5. The van der Waals surface area contributed by atoms with Gasteiger partial charge in [-0.25, -0.2) is 4.98 Å². The van der Waals surface area contributed by atoms with Crippen molar-refractivity contribution >= 4 is 35.1 Å². The van der Waals surface area contributed by atoms with E-state index in [1.165, 1.54) is 0 Å². The molecule has 2 fully saturated rings. The molecule has 3 aromatic rings. The first-order valence-electron chi connectivity index (χ1n) is 18.0. The number of piperidine rings is 1. The summed E-state index contributed by atoms with van der Waals surface area (Å²) in [5.74, 6) is 0.214. The molecule has 7 rings (SSSR count). The summed E-state index contributed by atoms with van der Waals surface area (Å²) in [7, 11) is 1.89. The Bertz CT molecular complexity index is 1820. The minimum atomic E-state index is -0.701. The van der Waals surface area contributed by atoms with Gasteiger partial charge in [-0.3, -0.25) is 19.2 Å². The van der Waals surface area contributed by atoms with Gasteiger partial charge >= 0.3 is 0 Å². The molecule has 4 N–H and O–H groups in total. The second-order valence-electron chi connectivity index (χ2n) is 14.3. The maximum absolute atomic E-state index is 14.7. The second kappa shape index (κ2) is 14.5. The van der Waals surface area contributed by atoms with E-state index >= 15 is 0 Å². The van der Waals surface area contributed by atoms with Crippen molar-refractivity contribution in [2.75, 3.05) is 57.1 Å². The number of anilines is 2. The number of ether oxygens (including phenoxy) is 1. The van der Waals surface area contributed by atoms with Crippen LogP contribution in [0.2, 0.25) is 0 Å². The van der Waals surface area contributed by atoms with E-state index in [9.17, 15) is 19.2 Å². The molecular weight excluding hydrogens is 646 g/mol. The predicted molar refractivity (Wildman–Crippen MR) is 193 cm³/mol. The number of likely N-dealkylation sites (tertiary alicyclic amines) is 1. The zero-order chi connectivity index (χ0) is 35.6. The average Bonchev–Trinajstić information content (AvgIpc) is 3.68. The number of fused-ring (bicyclic) bond motifs is 3. The molecule has 1 spiro atoms. The van der Waals surface area contributed by atoms with Crippen molar-refractivity contribution in [1.29, 1.82) is 0 Å². The highest BCUT2D eigenvalue weighted by Gasteiger charge is 2.51. The largest absolute Gasteiger partial charge is 0.378 e. The fourth-order valence-corrected chi connectivity index (χ4v) is 8.35. The van der Waals surface area contributed by atoms with E-state index in [-0.39, 0.29) is 42.8 Å². The number of pyridine rings is 1. The van der Waals surface area contributed by atoms with Gasteiger partial charge in [0.15, 0.2) is 0 Å². The molecule has 0 saturated carbocycles. The van der Waals surface area contributed by atoms with Crippen LogP contribution < -0.4 is 21.3 Å². The fraction of sp³-hybridized carbons (Fsp3) is 0.462. The lowest BCUT2D eigenvalue weighted by atomic mass is 9.74. The van der Waals surface area contributed by atoms with Crippen LogP contribution in [0.1, 0.15) is 54.0 Å². The number of aromatic nitrogens is 1. The molecular formula is C39H47N7O5. The first-order valence-corrected chi connectivity index (χ1v) is 18.0. The average molecular weight is 694 g/mol. The second-order valence-corrected chi connectivity index (χ2v) is 14.3. The summed E-state index contributed by atoms with van der Waals surface area (Å²) < 4.78 is 5.52. The van der Waals surface area contributed by atoms with E-state index in [1.54, 1.807) is 11.1 Å². The topological polar surface area (TPSA) is 145 Å². The van der Waals surface area contributed by atoms with Crippen molar-refractivity contribution in [3.63, 3.8) is 0 Å².